The van der Waals surface area contributed by atoms with Crippen molar-refractivity contribution >= 4 is 6.03 Å². The first-order valence-corrected chi connectivity index (χ1v) is 5.38. The van der Waals surface area contributed by atoms with Crippen molar-refractivity contribution in [2.45, 2.75) is 5.92 Å². The number of hydrogen-bond acceptors (Lipinski definition) is 4. The minimum absolute atomic E-state index is 0.258. The van der Waals surface area contributed by atoms with Crippen molar-refractivity contribution in [1.29, 1.82) is 0 Å². The smallest absolute Gasteiger partial charge is 0.328 e. The van der Waals surface area contributed by atoms with Gasteiger partial charge in [0.2, 0.25) is 5.82 Å². The highest BCUT2D eigenvalue weighted by Crippen LogP contribution is 2.32. The Hall–Kier alpha value is -2.38. The Labute approximate surface area is 107 Å². The second-order valence-corrected chi connectivity index (χ2v) is 4.02. The van der Waals surface area contributed by atoms with Gasteiger partial charge in [0.1, 0.15) is 0 Å². The second-order valence-electron chi connectivity index (χ2n) is 4.02. The Morgan fingerprint density at radius 3 is 2.47 bits per heavy atom. The van der Waals surface area contributed by atoms with Crippen LogP contribution in [0.2, 0.25) is 0 Å². The molecule has 8 heteroatoms. The lowest BCUT2D eigenvalue weighted by atomic mass is 10.1. The van der Waals surface area contributed by atoms with Crippen LogP contribution in [0.1, 0.15) is 11.4 Å². The zero-order valence-electron chi connectivity index (χ0n) is 10.3. The third-order valence-corrected chi connectivity index (χ3v) is 2.38. The topological polar surface area (TPSA) is 63.9 Å². The van der Waals surface area contributed by atoms with E-state index in [0.29, 0.717) is 4.80 Å². The molecular formula is C11H11F2N5O. The van der Waals surface area contributed by atoms with Gasteiger partial charge < -0.3 is 4.90 Å². The molecule has 1 heterocycles. The van der Waals surface area contributed by atoms with Gasteiger partial charge in [0, 0.05) is 19.7 Å². The van der Waals surface area contributed by atoms with Crippen molar-refractivity contribution in [2.75, 3.05) is 14.1 Å². The normalized spacial score (nSPS) is 11.4. The van der Waals surface area contributed by atoms with E-state index in [1.165, 1.54) is 38.4 Å². The molecule has 1 aromatic heterocycles. The summed E-state index contributed by atoms with van der Waals surface area (Å²) >= 11 is 0. The first-order chi connectivity index (χ1) is 8.93. The van der Waals surface area contributed by atoms with E-state index in [1.807, 2.05) is 0 Å². The Bertz CT molecular complexity index is 582. The molecule has 0 aliphatic rings. The molecule has 1 amide bonds. The van der Waals surface area contributed by atoms with E-state index in [0.717, 1.165) is 4.90 Å². The molecule has 0 saturated heterocycles. The summed E-state index contributed by atoms with van der Waals surface area (Å²) < 4.78 is 28.1. The van der Waals surface area contributed by atoms with E-state index in [9.17, 15) is 13.6 Å². The summed E-state index contributed by atoms with van der Waals surface area (Å²) in [5.41, 5.74) is -0.258. The lowest BCUT2D eigenvalue weighted by Crippen LogP contribution is -2.29. The summed E-state index contributed by atoms with van der Waals surface area (Å²) in [6, 6.07) is 6.46. The zero-order valence-corrected chi connectivity index (χ0v) is 10.3. The fourth-order valence-electron chi connectivity index (χ4n) is 1.38. The molecule has 19 heavy (non-hydrogen) atoms. The number of carbonyl (C=O) groups is 1. The third kappa shape index (κ3) is 2.42. The van der Waals surface area contributed by atoms with E-state index in [1.54, 1.807) is 6.07 Å². The summed E-state index contributed by atoms with van der Waals surface area (Å²) in [7, 11) is 2.92. The number of halogens is 2. The van der Waals surface area contributed by atoms with E-state index >= 15 is 0 Å². The van der Waals surface area contributed by atoms with Crippen LogP contribution in [0.5, 0.6) is 0 Å². The molecule has 0 unspecified atom stereocenters. The van der Waals surface area contributed by atoms with Crippen LogP contribution >= 0.6 is 0 Å². The van der Waals surface area contributed by atoms with Gasteiger partial charge in [-0.15, -0.1) is 10.2 Å². The minimum Gasteiger partial charge on any atom is -0.328 e. The maximum atomic E-state index is 14.1. The van der Waals surface area contributed by atoms with Crippen molar-refractivity contribution < 1.29 is 13.6 Å². The molecule has 0 atom stereocenters. The Morgan fingerprint density at radius 2 is 1.89 bits per heavy atom. The maximum absolute atomic E-state index is 14.1. The molecule has 0 aliphatic heterocycles. The largest absolute Gasteiger partial charge is 0.362 e. The highest BCUT2D eigenvalue weighted by Gasteiger charge is 2.39. The van der Waals surface area contributed by atoms with Crippen molar-refractivity contribution in [3.05, 3.63) is 41.7 Å². The van der Waals surface area contributed by atoms with Gasteiger partial charge in [-0.05, 0) is 5.21 Å². The molecule has 6 nitrogen and oxygen atoms in total. The number of benzene rings is 1. The van der Waals surface area contributed by atoms with Crippen molar-refractivity contribution in [3.8, 4) is 0 Å². The summed E-state index contributed by atoms with van der Waals surface area (Å²) in [4.78, 5) is 13.2. The number of amides is 1. The summed E-state index contributed by atoms with van der Waals surface area (Å²) in [5.74, 6) is -4.21. The monoisotopic (exact) mass is 267 g/mol. The molecule has 2 rings (SSSR count). The molecule has 0 aliphatic carbocycles. The lowest BCUT2D eigenvalue weighted by molar-refractivity contribution is 0.0326. The maximum Gasteiger partial charge on any atom is 0.362 e. The quantitative estimate of drug-likeness (QED) is 0.823. The van der Waals surface area contributed by atoms with Gasteiger partial charge in [-0.1, -0.05) is 35.1 Å². The fraction of sp³-hybridized carbons (Fsp3) is 0.273. The standard InChI is InChI=1S/C11H11F2N5O/c1-17(2)10(19)18-15-9(14-16-18)11(12,13)8-6-4-3-5-7-8/h3-7H,1-2H3. The summed E-state index contributed by atoms with van der Waals surface area (Å²) in [6.07, 6.45) is 0. The van der Waals surface area contributed by atoms with E-state index < -0.39 is 17.8 Å². The third-order valence-electron chi connectivity index (χ3n) is 2.38. The zero-order chi connectivity index (χ0) is 14.0. The van der Waals surface area contributed by atoms with E-state index in [2.05, 4.69) is 15.4 Å². The van der Waals surface area contributed by atoms with Crippen LogP contribution in [0.4, 0.5) is 13.6 Å². The van der Waals surface area contributed by atoms with Gasteiger partial charge in [0.05, 0.1) is 0 Å². The number of nitrogens with zero attached hydrogens (tertiary/aromatic N) is 5. The first-order valence-electron chi connectivity index (χ1n) is 5.38. The number of aromatic nitrogens is 4. The van der Waals surface area contributed by atoms with E-state index in [4.69, 9.17) is 0 Å². The number of tetrazole rings is 1. The van der Waals surface area contributed by atoms with Crippen LogP contribution in [-0.4, -0.2) is 45.2 Å². The highest BCUT2D eigenvalue weighted by molar-refractivity contribution is 5.74. The molecular weight excluding hydrogens is 256 g/mol. The Morgan fingerprint density at radius 1 is 1.26 bits per heavy atom. The summed E-state index contributed by atoms with van der Waals surface area (Å²) in [6.45, 7) is 0. The number of alkyl halides is 2. The van der Waals surface area contributed by atoms with Crippen LogP contribution in [-0.2, 0) is 5.92 Å². The van der Waals surface area contributed by atoms with Gasteiger partial charge >= 0.3 is 12.0 Å². The van der Waals surface area contributed by atoms with Crippen LogP contribution in [0.15, 0.2) is 30.3 Å². The number of hydrogen-bond donors (Lipinski definition) is 0. The molecule has 0 fully saturated rings. The molecule has 0 saturated carbocycles. The summed E-state index contributed by atoms with van der Waals surface area (Å²) in [5, 5.41) is 10.0. The van der Waals surface area contributed by atoms with Gasteiger partial charge in [0.25, 0.3) is 0 Å². The van der Waals surface area contributed by atoms with Crippen molar-refractivity contribution in [1.82, 2.24) is 25.1 Å². The number of carbonyl (C=O) groups excluding carboxylic acids is 1. The van der Waals surface area contributed by atoms with Gasteiger partial charge in [-0.25, -0.2) is 4.79 Å². The van der Waals surface area contributed by atoms with Crippen LogP contribution in [0.25, 0.3) is 0 Å². The highest BCUT2D eigenvalue weighted by atomic mass is 19.3. The molecule has 0 spiro atoms. The number of rotatable bonds is 2. The van der Waals surface area contributed by atoms with Gasteiger partial charge in [0.15, 0.2) is 0 Å². The predicted octanol–water partition coefficient (Wildman–Crippen LogP) is 1.34. The first kappa shape index (κ1) is 13.1. The van der Waals surface area contributed by atoms with Crippen molar-refractivity contribution in [2.24, 2.45) is 0 Å². The van der Waals surface area contributed by atoms with Crippen LogP contribution < -0.4 is 0 Å². The minimum atomic E-state index is -3.40. The molecule has 0 radical (unpaired) electrons. The molecule has 100 valence electrons. The lowest BCUT2D eigenvalue weighted by Gasteiger charge is -2.11. The van der Waals surface area contributed by atoms with E-state index in [-0.39, 0.29) is 5.56 Å². The van der Waals surface area contributed by atoms with Crippen LogP contribution in [0.3, 0.4) is 0 Å². The molecule has 0 N–H and O–H groups in total. The average molecular weight is 267 g/mol. The predicted molar refractivity (Wildman–Crippen MR) is 61.7 cm³/mol. The van der Waals surface area contributed by atoms with Gasteiger partial charge in [-0.2, -0.15) is 8.78 Å². The van der Waals surface area contributed by atoms with Gasteiger partial charge in [-0.3, -0.25) is 0 Å². The Balaban J connectivity index is 2.35. The average Bonchev–Trinajstić information content (AvgIpc) is 2.89. The molecule has 2 aromatic rings. The Kier molecular flexibility index (Phi) is 3.24. The van der Waals surface area contributed by atoms with Crippen LogP contribution in [0, 0.1) is 0 Å². The fourth-order valence-corrected chi connectivity index (χ4v) is 1.38. The molecule has 1 aromatic carbocycles. The SMILES string of the molecule is CN(C)C(=O)n1nnc(C(F)(F)c2ccccc2)n1. The van der Waals surface area contributed by atoms with Crippen molar-refractivity contribution in [3.63, 3.8) is 0 Å². The second kappa shape index (κ2) is 4.71. The molecule has 0 bridgehead atoms.